The Balaban J connectivity index is 2.28. The molecule has 0 unspecified atom stereocenters. The summed E-state index contributed by atoms with van der Waals surface area (Å²) in [6, 6.07) is 8.12. The van der Waals surface area contributed by atoms with Crippen molar-refractivity contribution in [2.75, 3.05) is 11.4 Å². The largest absolute Gasteiger partial charge is 0.312 e. The van der Waals surface area contributed by atoms with E-state index in [1.54, 1.807) is 0 Å². The van der Waals surface area contributed by atoms with Crippen LogP contribution >= 0.6 is 0 Å². The Morgan fingerprint density at radius 3 is 2.73 bits per heavy atom. The van der Waals surface area contributed by atoms with Gasteiger partial charge < -0.3 is 4.90 Å². The number of rotatable bonds is 1. The second kappa shape index (κ2) is 4.47. The van der Waals surface area contributed by atoms with Crippen molar-refractivity contribution in [2.45, 2.75) is 32.6 Å². The molecule has 0 radical (unpaired) electrons. The molecule has 1 amide bonds. The maximum Gasteiger partial charge on any atom is 0.226 e. The zero-order valence-electron chi connectivity index (χ0n) is 9.20. The summed E-state index contributed by atoms with van der Waals surface area (Å²) >= 11 is 0. The lowest BCUT2D eigenvalue weighted by Gasteiger charge is -2.22. The third-order valence-corrected chi connectivity index (χ3v) is 2.98. The van der Waals surface area contributed by atoms with E-state index >= 15 is 0 Å². The molecule has 0 aliphatic carbocycles. The maximum absolute atomic E-state index is 11.9. The Kier molecular flexibility index (Phi) is 3.05. The Hall–Kier alpha value is -1.31. The van der Waals surface area contributed by atoms with Crippen LogP contribution in [0.25, 0.3) is 0 Å². The van der Waals surface area contributed by atoms with Gasteiger partial charge in [-0.1, -0.05) is 24.6 Å². The molecule has 0 N–H and O–H groups in total. The molecule has 1 aromatic rings. The van der Waals surface area contributed by atoms with Crippen LogP contribution in [0.1, 0.15) is 31.2 Å². The van der Waals surface area contributed by atoms with Crippen LogP contribution in [0.4, 0.5) is 5.69 Å². The molecule has 0 spiro atoms. The molecule has 1 aliphatic heterocycles. The number of carbonyl (C=O) groups is 1. The van der Waals surface area contributed by atoms with Crippen molar-refractivity contribution in [1.29, 1.82) is 0 Å². The average Bonchev–Trinajstić information content (AvgIpc) is 2.44. The normalized spacial score (nSPS) is 17.7. The van der Waals surface area contributed by atoms with Gasteiger partial charge in [0.05, 0.1) is 0 Å². The summed E-state index contributed by atoms with van der Waals surface area (Å²) in [7, 11) is 0. The summed E-state index contributed by atoms with van der Waals surface area (Å²) in [5, 5.41) is 0. The van der Waals surface area contributed by atoms with Gasteiger partial charge in [-0.3, -0.25) is 4.79 Å². The van der Waals surface area contributed by atoms with Gasteiger partial charge in [-0.15, -0.1) is 0 Å². The Bertz CT molecular complexity index is 359. The first-order chi connectivity index (χ1) is 7.29. The highest BCUT2D eigenvalue weighted by molar-refractivity contribution is 5.94. The van der Waals surface area contributed by atoms with Crippen LogP contribution < -0.4 is 4.90 Å². The summed E-state index contributed by atoms with van der Waals surface area (Å²) in [4.78, 5) is 13.8. The van der Waals surface area contributed by atoms with Crippen molar-refractivity contribution in [2.24, 2.45) is 0 Å². The van der Waals surface area contributed by atoms with Crippen LogP contribution in [0.3, 0.4) is 0 Å². The van der Waals surface area contributed by atoms with Crippen molar-refractivity contribution in [1.82, 2.24) is 0 Å². The summed E-state index contributed by atoms with van der Waals surface area (Å²) in [5.41, 5.74) is 2.28. The SMILES string of the molecule is Cc1ccccc1N1CCCCCC1=O. The molecule has 2 nitrogen and oxygen atoms in total. The van der Waals surface area contributed by atoms with Crippen molar-refractivity contribution in [3.05, 3.63) is 29.8 Å². The number of benzene rings is 1. The van der Waals surface area contributed by atoms with Crippen LogP contribution in [0.15, 0.2) is 24.3 Å². The number of para-hydroxylation sites is 1. The standard InChI is InChI=1S/C13H17NO/c1-11-7-4-5-8-12(11)14-10-6-2-3-9-13(14)15/h4-5,7-8H,2-3,6,9-10H2,1H3. The second-order valence-corrected chi connectivity index (χ2v) is 4.14. The molecule has 0 aromatic heterocycles. The lowest BCUT2D eigenvalue weighted by Crippen LogP contribution is -2.30. The lowest BCUT2D eigenvalue weighted by molar-refractivity contribution is -0.118. The average molecular weight is 203 g/mol. The van der Waals surface area contributed by atoms with Crippen molar-refractivity contribution in [3.63, 3.8) is 0 Å². The van der Waals surface area contributed by atoms with Gasteiger partial charge in [-0.2, -0.15) is 0 Å². The minimum Gasteiger partial charge on any atom is -0.312 e. The third kappa shape index (κ3) is 2.20. The summed E-state index contributed by atoms with van der Waals surface area (Å²) in [6.45, 7) is 2.94. The fourth-order valence-electron chi connectivity index (χ4n) is 2.10. The predicted molar refractivity (Wildman–Crippen MR) is 62.0 cm³/mol. The van der Waals surface area contributed by atoms with E-state index in [9.17, 15) is 4.79 Å². The molecular weight excluding hydrogens is 186 g/mol. The molecule has 0 bridgehead atoms. The molecule has 1 aliphatic rings. The summed E-state index contributed by atoms with van der Waals surface area (Å²) < 4.78 is 0. The molecule has 15 heavy (non-hydrogen) atoms. The highest BCUT2D eigenvalue weighted by Gasteiger charge is 2.18. The predicted octanol–water partition coefficient (Wildman–Crippen LogP) is 2.90. The quantitative estimate of drug-likeness (QED) is 0.687. The van der Waals surface area contributed by atoms with Gasteiger partial charge in [-0.25, -0.2) is 0 Å². The number of nitrogens with zero attached hydrogens (tertiary/aromatic N) is 1. The number of aryl methyl sites for hydroxylation is 1. The zero-order valence-corrected chi connectivity index (χ0v) is 9.20. The minimum absolute atomic E-state index is 0.279. The van der Waals surface area contributed by atoms with Crippen LogP contribution in [0.5, 0.6) is 0 Å². The van der Waals surface area contributed by atoms with Gasteiger partial charge in [0.25, 0.3) is 0 Å². The molecule has 2 rings (SSSR count). The van der Waals surface area contributed by atoms with Crippen LogP contribution in [-0.4, -0.2) is 12.5 Å². The van der Waals surface area contributed by atoms with Gasteiger partial charge in [0.2, 0.25) is 5.91 Å². The molecule has 1 fully saturated rings. The molecule has 2 heteroatoms. The Morgan fingerprint density at radius 1 is 1.13 bits per heavy atom. The smallest absolute Gasteiger partial charge is 0.226 e. The van der Waals surface area contributed by atoms with Crippen LogP contribution in [0, 0.1) is 6.92 Å². The first-order valence-corrected chi connectivity index (χ1v) is 5.65. The number of hydrogen-bond acceptors (Lipinski definition) is 1. The monoisotopic (exact) mass is 203 g/mol. The van der Waals surface area contributed by atoms with E-state index in [1.165, 1.54) is 12.0 Å². The Labute approximate surface area is 90.9 Å². The van der Waals surface area contributed by atoms with Gasteiger partial charge in [0, 0.05) is 18.7 Å². The number of hydrogen-bond donors (Lipinski definition) is 0. The summed E-state index contributed by atoms with van der Waals surface area (Å²) in [6.07, 6.45) is 4.05. The fourth-order valence-corrected chi connectivity index (χ4v) is 2.10. The lowest BCUT2D eigenvalue weighted by atomic mass is 10.1. The fraction of sp³-hybridized carbons (Fsp3) is 0.462. The maximum atomic E-state index is 11.9. The molecule has 1 saturated heterocycles. The van der Waals surface area contributed by atoms with Crippen molar-refractivity contribution < 1.29 is 4.79 Å². The van der Waals surface area contributed by atoms with Gasteiger partial charge in [-0.05, 0) is 31.4 Å². The molecule has 1 heterocycles. The van der Waals surface area contributed by atoms with Crippen molar-refractivity contribution >= 4 is 11.6 Å². The van der Waals surface area contributed by atoms with E-state index < -0.39 is 0 Å². The van der Waals surface area contributed by atoms with Gasteiger partial charge in [0.15, 0.2) is 0 Å². The number of anilines is 1. The van der Waals surface area contributed by atoms with E-state index in [-0.39, 0.29) is 5.91 Å². The van der Waals surface area contributed by atoms with E-state index in [0.717, 1.165) is 25.1 Å². The third-order valence-electron chi connectivity index (χ3n) is 2.98. The molecular formula is C13H17NO. The van der Waals surface area contributed by atoms with Crippen molar-refractivity contribution in [3.8, 4) is 0 Å². The van der Waals surface area contributed by atoms with Gasteiger partial charge in [0.1, 0.15) is 0 Å². The zero-order chi connectivity index (χ0) is 10.7. The topological polar surface area (TPSA) is 20.3 Å². The first kappa shape index (κ1) is 10.2. The molecule has 80 valence electrons. The number of carbonyl (C=O) groups excluding carboxylic acids is 1. The van der Waals surface area contributed by atoms with E-state index in [1.807, 2.05) is 23.1 Å². The molecule has 1 aromatic carbocycles. The highest BCUT2D eigenvalue weighted by Crippen LogP contribution is 2.23. The first-order valence-electron chi connectivity index (χ1n) is 5.65. The Morgan fingerprint density at radius 2 is 1.93 bits per heavy atom. The summed E-state index contributed by atoms with van der Waals surface area (Å²) in [5.74, 6) is 0.279. The van der Waals surface area contributed by atoms with E-state index in [4.69, 9.17) is 0 Å². The highest BCUT2D eigenvalue weighted by atomic mass is 16.2. The second-order valence-electron chi connectivity index (χ2n) is 4.14. The number of amides is 1. The minimum atomic E-state index is 0.279. The van der Waals surface area contributed by atoms with Gasteiger partial charge >= 0.3 is 0 Å². The van der Waals surface area contributed by atoms with Crippen LogP contribution in [0.2, 0.25) is 0 Å². The van der Waals surface area contributed by atoms with Crippen LogP contribution in [-0.2, 0) is 4.79 Å². The van der Waals surface area contributed by atoms with E-state index in [0.29, 0.717) is 6.42 Å². The molecule has 0 atom stereocenters. The van der Waals surface area contributed by atoms with E-state index in [2.05, 4.69) is 13.0 Å². The molecule has 0 saturated carbocycles.